The lowest BCUT2D eigenvalue weighted by Crippen LogP contribution is -2.25. The third-order valence-corrected chi connectivity index (χ3v) is 3.59. The third kappa shape index (κ3) is 4.63. The lowest BCUT2D eigenvalue weighted by atomic mass is 10.1. The fraction of sp³-hybridized carbons (Fsp3) is 0.167. The Kier molecular flexibility index (Phi) is 5.84. The van der Waals surface area contributed by atoms with Gasteiger partial charge in [0.15, 0.2) is 5.11 Å². The van der Waals surface area contributed by atoms with Gasteiger partial charge < -0.3 is 5.32 Å². The van der Waals surface area contributed by atoms with Crippen molar-refractivity contribution < 1.29 is 0 Å². The summed E-state index contributed by atoms with van der Waals surface area (Å²) in [6.07, 6.45) is 2.59. The van der Waals surface area contributed by atoms with E-state index < -0.39 is 0 Å². The summed E-state index contributed by atoms with van der Waals surface area (Å²) >= 11 is 5.28. The van der Waals surface area contributed by atoms with E-state index in [0.29, 0.717) is 10.7 Å². The molecule has 0 aromatic heterocycles. The van der Waals surface area contributed by atoms with Crippen LogP contribution in [0.5, 0.6) is 0 Å². The highest BCUT2D eigenvalue weighted by molar-refractivity contribution is 7.80. The Balaban J connectivity index is 1.97. The summed E-state index contributed by atoms with van der Waals surface area (Å²) in [4.78, 5) is 0. The van der Waals surface area contributed by atoms with Crippen molar-refractivity contribution in [3.63, 3.8) is 0 Å². The first-order valence-electron chi connectivity index (χ1n) is 7.32. The van der Waals surface area contributed by atoms with Gasteiger partial charge >= 0.3 is 0 Å². The van der Waals surface area contributed by atoms with Crippen LogP contribution in [-0.4, -0.2) is 11.3 Å². The Hall–Kier alpha value is -2.71. The van der Waals surface area contributed by atoms with Gasteiger partial charge in [-0.2, -0.15) is 10.4 Å². The molecule has 0 aliphatic rings. The molecule has 5 heteroatoms. The predicted octanol–water partition coefficient (Wildman–Crippen LogP) is 3.75. The summed E-state index contributed by atoms with van der Waals surface area (Å²) in [5, 5.41) is 16.5. The van der Waals surface area contributed by atoms with E-state index in [4.69, 9.17) is 17.5 Å². The van der Waals surface area contributed by atoms with Crippen LogP contribution in [0.4, 0.5) is 5.69 Å². The third-order valence-electron chi connectivity index (χ3n) is 3.40. The van der Waals surface area contributed by atoms with E-state index in [1.165, 1.54) is 5.56 Å². The van der Waals surface area contributed by atoms with E-state index in [2.05, 4.69) is 34.9 Å². The van der Waals surface area contributed by atoms with Crippen LogP contribution in [0, 0.1) is 18.3 Å². The van der Waals surface area contributed by atoms with Crippen molar-refractivity contribution >= 4 is 29.2 Å². The maximum absolute atomic E-state index is 8.76. The Morgan fingerprint density at radius 3 is 2.65 bits per heavy atom. The van der Waals surface area contributed by atoms with Gasteiger partial charge in [-0.1, -0.05) is 37.3 Å². The smallest absolute Gasteiger partial charge is 0.191 e. The number of rotatable bonds is 4. The van der Waals surface area contributed by atoms with Crippen LogP contribution in [0.3, 0.4) is 0 Å². The summed E-state index contributed by atoms with van der Waals surface area (Å²) < 4.78 is 0. The van der Waals surface area contributed by atoms with E-state index in [1.807, 2.05) is 31.2 Å². The lowest BCUT2D eigenvalue weighted by Gasteiger charge is -2.14. The van der Waals surface area contributed by atoms with Crippen molar-refractivity contribution in [2.75, 3.05) is 5.32 Å². The average molecular weight is 322 g/mol. The molecule has 0 aliphatic heterocycles. The van der Waals surface area contributed by atoms with Crippen molar-refractivity contribution in [1.82, 2.24) is 5.43 Å². The maximum atomic E-state index is 8.76. The van der Waals surface area contributed by atoms with Gasteiger partial charge in [0, 0.05) is 5.69 Å². The van der Waals surface area contributed by atoms with Gasteiger partial charge in [0.25, 0.3) is 0 Å². The van der Waals surface area contributed by atoms with Gasteiger partial charge in [0.2, 0.25) is 0 Å². The fourth-order valence-electron chi connectivity index (χ4n) is 2.15. The second-order valence-corrected chi connectivity index (χ2v) is 5.43. The molecule has 2 rings (SSSR count). The van der Waals surface area contributed by atoms with Crippen molar-refractivity contribution in [2.45, 2.75) is 20.3 Å². The van der Waals surface area contributed by atoms with Crippen LogP contribution in [0.15, 0.2) is 47.6 Å². The van der Waals surface area contributed by atoms with Crippen LogP contribution in [0.1, 0.15) is 29.2 Å². The van der Waals surface area contributed by atoms with Crippen molar-refractivity contribution in [1.29, 1.82) is 5.26 Å². The first kappa shape index (κ1) is 16.7. The zero-order valence-corrected chi connectivity index (χ0v) is 13.9. The maximum Gasteiger partial charge on any atom is 0.191 e. The number of benzene rings is 2. The van der Waals surface area contributed by atoms with Crippen LogP contribution in [-0.2, 0) is 6.42 Å². The van der Waals surface area contributed by atoms with Gasteiger partial charge in [-0.05, 0) is 54.4 Å². The molecule has 0 saturated carbocycles. The number of hydrogen-bond donors (Lipinski definition) is 2. The molecule has 0 saturated heterocycles. The Morgan fingerprint density at radius 2 is 2.00 bits per heavy atom. The molecular weight excluding hydrogens is 304 g/mol. The van der Waals surface area contributed by atoms with Crippen LogP contribution in [0.2, 0.25) is 0 Å². The molecule has 0 heterocycles. The Bertz CT molecular complexity index is 758. The highest BCUT2D eigenvalue weighted by atomic mass is 32.1. The van der Waals surface area contributed by atoms with Crippen molar-refractivity contribution in [2.24, 2.45) is 5.10 Å². The summed E-state index contributed by atoms with van der Waals surface area (Å²) in [6, 6.07) is 15.4. The monoisotopic (exact) mass is 322 g/mol. The van der Waals surface area contributed by atoms with Gasteiger partial charge in [-0.3, -0.25) is 5.43 Å². The zero-order chi connectivity index (χ0) is 16.7. The van der Waals surface area contributed by atoms with E-state index in [9.17, 15) is 0 Å². The molecule has 4 nitrogen and oxygen atoms in total. The topological polar surface area (TPSA) is 60.2 Å². The van der Waals surface area contributed by atoms with E-state index in [1.54, 1.807) is 18.3 Å². The number of para-hydroxylation sites is 1. The van der Waals surface area contributed by atoms with Crippen LogP contribution >= 0.6 is 12.2 Å². The largest absolute Gasteiger partial charge is 0.331 e. The highest BCUT2D eigenvalue weighted by Gasteiger charge is 2.05. The second kappa shape index (κ2) is 8.06. The summed E-state index contributed by atoms with van der Waals surface area (Å²) in [5.74, 6) is 0. The minimum Gasteiger partial charge on any atom is -0.331 e. The number of nitrogens with zero attached hydrogens (tertiary/aromatic N) is 2. The van der Waals surface area contributed by atoms with Crippen LogP contribution < -0.4 is 10.7 Å². The Morgan fingerprint density at radius 1 is 1.26 bits per heavy atom. The molecule has 0 unspecified atom stereocenters. The fourth-order valence-corrected chi connectivity index (χ4v) is 2.31. The van der Waals surface area contributed by atoms with Gasteiger partial charge in [0.05, 0.1) is 17.8 Å². The molecule has 116 valence electrons. The van der Waals surface area contributed by atoms with E-state index in [0.717, 1.165) is 23.2 Å². The first-order valence-corrected chi connectivity index (χ1v) is 7.73. The number of aryl methyl sites for hydroxylation is 2. The minimum atomic E-state index is 0.443. The molecular formula is C18H18N4S. The summed E-state index contributed by atoms with van der Waals surface area (Å²) in [7, 11) is 0. The molecule has 2 aromatic carbocycles. The molecule has 0 bridgehead atoms. The SMILES string of the molecule is CCc1cccc(C)c1NC(=S)N/N=C\c1ccc(C#N)cc1. The predicted molar refractivity (Wildman–Crippen MR) is 98.7 cm³/mol. The molecule has 23 heavy (non-hydrogen) atoms. The number of anilines is 1. The Labute approximate surface area is 141 Å². The highest BCUT2D eigenvalue weighted by Crippen LogP contribution is 2.20. The second-order valence-electron chi connectivity index (χ2n) is 5.02. The molecule has 0 fully saturated rings. The molecule has 0 aliphatic carbocycles. The standard InChI is InChI=1S/C18H18N4S/c1-3-16-6-4-5-13(2)17(16)21-18(23)22-20-12-15-9-7-14(11-19)8-10-15/h4-10,12H,3H2,1-2H3,(H2,21,22,23)/b20-12-. The molecule has 0 amide bonds. The van der Waals surface area contributed by atoms with Crippen molar-refractivity contribution in [3.8, 4) is 6.07 Å². The molecule has 2 N–H and O–H groups in total. The number of nitrogens with one attached hydrogen (secondary N) is 2. The lowest BCUT2D eigenvalue weighted by molar-refractivity contribution is 1.05. The van der Waals surface area contributed by atoms with Gasteiger partial charge in [0.1, 0.15) is 0 Å². The normalized spacial score (nSPS) is 10.3. The molecule has 0 radical (unpaired) electrons. The number of thiocarbonyl (C=S) groups is 1. The summed E-state index contributed by atoms with van der Waals surface area (Å²) in [6.45, 7) is 4.16. The summed E-state index contributed by atoms with van der Waals surface area (Å²) in [5.41, 5.74) is 7.71. The average Bonchev–Trinajstić information content (AvgIpc) is 2.57. The van der Waals surface area contributed by atoms with Crippen molar-refractivity contribution in [3.05, 3.63) is 64.7 Å². The van der Waals surface area contributed by atoms with Crippen LogP contribution in [0.25, 0.3) is 0 Å². The molecule has 0 spiro atoms. The van der Waals surface area contributed by atoms with E-state index >= 15 is 0 Å². The van der Waals surface area contributed by atoms with E-state index in [-0.39, 0.29) is 0 Å². The molecule has 2 aromatic rings. The quantitative estimate of drug-likeness (QED) is 0.511. The van der Waals surface area contributed by atoms with Gasteiger partial charge in [-0.25, -0.2) is 0 Å². The number of hydrazone groups is 1. The zero-order valence-electron chi connectivity index (χ0n) is 13.1. The number of nitriles is 1. The number of hydrogen-bond acceptors (Lipinski definition) is 3. The first-order chi connectivity index (χ1) is 11.1. The molecule has 0 atom stereocenters. The minimum absolute atomic E-state index is 0.443. The van der Waals surface area contributed by atoms with Gasteiger partial charge in [-0.15, -0.1) is 0 Å².